The molecule has 3 heterocycles. The fraction of sp³-hybridized carbons (Fsp3) is 0.263. The average Bonchev–Trinajstić information content (AvgIpc) is 3.09. The van der Waals surface area contributed by atoms with Crippen molar-refractivity contribution in [3.05, 3.63) is 67.1 Å². The van der Waals surface area contributed by atoms with Gasteiger partial charge in [0.05, 0.1) is 11.3 Å². The van der Waals surface area contributed by atoms with Gasteiger partial charge in [0.1, 0.15) is 0 Å². The molecule has 0 saturated carbocycles. The fourth-order valence-electron chi connectivity index (χ4n) is 3.47. The van der Waals surface area contributed by atoms with Crippen molar-refractivity contribution in [2.24, 2.45) is 14.1 Å². The molecule has 0 aliphatic rings. The van der Waals surface area contributed by atoms with Crippen LogP contribution in [-0.4, -0.2) is 28.2 Å². The molecule has 0 radical (unpaired) electrons. The Labute approximate surface area is 158 Å². The third-order valence-electron chi connectivity index (χ3n) is 4.90. The van der Waals surface area contributed by atoms with Crippen molar-refractivity contribution in [1.29, 1.82) is 0 Å². The van der Waals surface area contributed by atoms with Crippen LogP contribution in [0, 0.1) is 0 Å². The second-order valence-corrected chi connectivity index (χ2v) is 6.65. The largest absolute Gasteiger partial charge is 0.494 e. The van der Waals surface area contributed by atoms with Crippen molar-refractivity contribution >= 4 is 16.9 Å². The molecule has 1 aromatic carbocycles. The van der Waals surface area contributed by atoms with Crippen molar-refractivity contribution in [2.75, 3.05) is 0 Å². The molecule has 0 spiro atoms. The molecule has 0 bridgehead atoms. The highest BCUT2D eigenvalue weighted by atomic mass is 16.3. The van der Waals surface area contributed by atoms with Gasteiger partial charge >= 0.3 is 5.69 Å². The van der Waals surface area contributed by atoms with Crippen molar-refractivity contribution < 1.29 is 5.11 Å². The lowest BCUT2D eigenvalue weighted by atomic mass is 10.2. The second kappa shape index (κ2) is 6.22. The zero-order valence-corrected chi connectivity index (χ0v) is 15.7. The summed E-state index contributed by atoms with van der Waals surface area (Å²) >= 11 is 0. The Kier molecular flexibility index (Phi) is 3.95. The molecule has 144 valence electrons. The van der Waals surface area contributed by atoms with Gasteiger partial charge in [-0.25, -0.2) is 13.8 Å². The van der Waals surface area contributed by atoms with Crippen LogP contribution in [0.3, 0.4) is 0 Å². The average molecular weight is 381 g/mol. The summed E-state index contributed by atoms with van der Waals surface area (Å²) in [6.45, 7) is 1.89. The van der Waals surface area contributed by atoms with Crippen molar-refractivity contribution in [1.82, 2.24) is 23.1 Å². The summed E-state index contributed by atoms with van der Waals surface area (Å²) in [5, 5.41) is 10.9. The number of imidazole rings is 1. The van der Waals surface area contributed by atoms with Crippen LogP contribution in [0.15, 0.2) is 44.7 Å². The molecule has 0 unspecified atom stereocenters. The Morgan fingerprint density at radius 2 is 1.68 bits per heavy atom. The van der Waals surface area contributed by atoms with Crippen LogP contribution in [0.25, 0.3) is 22.6 Å². The van der Waals surface area contributed by atoms with Gasteiger partial charge in [-0.15, -0.1) is 0 Å². The molecule has 0 saturated heterocycles. The second-order valence-electron chi connectivity index (χ2n) is 6.65. The zero-order chi connectivity index (χ0) is 20.2. The lowest BCUT2D eigenvalue weighted by molar-refractivity contribution is 0.435. The maximum absolute atomic E-state index is 13.2. The molecule has 0 atom stereocenters. The van der Waals surface area contributed by atoms with E-state index in [1.54, 1.807) is 24.3 Å². The maximum atomic E-state index is 13.2. The van der Waals surface area contributed by atoms with E-state index in [0.29, 0.717) is 18.5 Å². The molecule has 1 N–H and O–H groups in total. The molecule has 3 aromatic heterocycles. The number of aromatic nitrogens is 5. The first kappa shape index (κ1) is 17.8. The SMILES string of the molecule is CCCc1c(O)n2c3c(=O)n(C)c(=O)n(C)c3nc2n(-c2ccccc2)c1=O. The number of hydrogen-bond donors (Lipinski definition) is 1. The minimum absolute atomic E-state index is 0.0409. The van der Waals surface area contributed by atoms with Gasteiger partial charge in [0, 0.05) is 14.1 Å². The maximum Gasteiger partial charge on any atom is 0.332 e. The topological polar surface area (TPSA) is 104 Å². The van der Waals surface area contributed by atoms with Gasteiger partial charge in [-0.2, -0.15) is 4.98 Å². The van der Waals surface area contributed by atoms with Crippen LogP contribution in [0.4, 0.5) is 0 Å². The molecule has 4 rings (SSSR count). The third kappa shape index (κ3) is 2.25. The molecule has 0 aliphatic heterocycles. The third-order valence-corrected chi connectivity index (χ3v) is 4.90. The van der Waals surface area contributed by atoms with Crippen LogP contribution in [0.1, 0.15) is 18.9 Å². The number of fused-ring (bicyclic) bond motifs is 3. The highest BCUT2D eigenvalue weighted by Gasteiger charge is 2.24. The highest BCUT2D eigenvalue weighted by molar-refractivity contribution is 5.77. The van der Waals surface area contributed by atoms with Crippen LogP contribution in [0.2, 0.25) is 0 Å². The Morgan fingerprint density at radius 3 is 2.32 bits per heavy atom. The van der Waals surface area contributed by atoms with Gasteiger partial charge in [0.25, 0.3) is 11.1 Å². The summed E-state index contributed by atoms with van der Waals surface area (Å²) < 4.78 is 4.79. The Balaban J connectivity index is 2.36. The molecular weight excluding hydrogens is 362 g/mol. The molecular formula is C19H19N5O4. The Morgan fingerprint density at radius 1 is 1.00 bits per heavy atom. The fourth-order valence-corrected chi connectivity index (χ4v) is 3.47. The number of nitrogens with zero attached hydrogens (tertiary/aromatic N) is 5. The van der Waals surface area contributed by atoms with E-state index in [4.69, 9.17) is 0 Å². The van der Waals surface area contributed by atoms with E-state index >= 15 is 0 Å². The lowest BCUT2D eigenvalue weighted by Gasteiger charge is -2.12. The normalized spacial score (nSPS) is 11.5. The first-order chi connectivity index (χ1) is 13.4. The van der Waals surface area contributed by atoms with Crippen LogP contribution >= 0.6 is 0 Å². The number of hydrogen-bond acceptors (Lipinski definition) is 5. The van der Waals surface area contributed by atoms with E-state index in [1.165, 1.54) is 27.6 Å². The predicted molar refractivity (Wildman–Crippen MR) is 104 cm³/mol. The molecule has 0 amide bonds. The van der Waals surface area contributed by atoms with E-state index in [2.05, 4.69) is 4.98 Å². The number of para-hydroxylation sites is 1. The van der Waals surface area contributed by atoms with Crippen molar-refractivity contribution in [3.63, 3.8) is 0 Å². The minimum atomic E-state index is -0.596. The van der Waals surface area contributed by atoms with Crippen molar-refractivity contribution in [3.8, 4) is 11.6 Å². The predicted octanol–water partition coefficient (Wildman–Crippen LogP) is 0.694. The van der Waals surface area contributed by atoms with Gasteiger partial charge in [-0.1, -0.05) is 31.5 Å². The smallest absolute Gasteiger partial charge is 0.332 e. The Bertz CT molecular complexity index is 1410. The summed E-state index contributed by atoms with van der Waals surface area (Å²) in [5.41, 5.74) is -0.666. The van der Waals surface area contributed by atoms with E-state index in [9.17, 15) is 19.5 Å². The first-order valence-corrected chi connectivity index (χ1v) is 8.89. The summed E-state index contributed by atoms with van der Waals surface area (Å²) in [4.78, 5) is 42.7. The highest BCUT2D eigenvalue weighted by Crippen LogP contribution is 2.23. The van der Waals surface area contributed by atoms with Gasteiger partial charge in [0.2, 0.25) is 11.7 Å². The van der Waals surface area contributed by atoms with Gasteiger partial charge < -0.3 is 5.11 Å². The molecule has 4 aromatic rings. The van der Waals surface area contributed by atoms with Crippen LogP contribution in [0.5, 0.6) is 5.88 Å². The van der Waals surface area contributed by atoms with Crippen LogP contribution in [-0.2, 0) is 20.5 Å². The molecule has 28 heavy (non-hydrogen) atoms. The molecule has 9 heteroatoms. The molecule has 0 fully saturated rings. The number of aromatic hydroxyl groups is 1. The standard InChI is InChI=1S/C19H19N5O4/c1-4-8-12-15(25)23(11-9-6-5-7-10-11)18-20-14-13(24(18)16(12)26)17(27)22(3)19(28)21(14)2/h5-7,9-10,26H,4,8H2,1-3H3. The van der Waals surface area contributed by atoms with E-state index in [1.807, 2.05) is 13.0 Å². The minimum Gasteiger partial charge on any atom is -0.494 e. The lowest BCUT2D eigenvalue weighted by Crippen LogP contribution is -2.37. The van der Waals surface area contributed by atoms with Crippen LogP contribution < -0.4 is 16.8 Å². The number of rotatable bonds is 3. The van der Waals surface area contributed by atoms with Gasteiger partial charge in [-0.05, 0) is 18.6 Å². The number of aryl methyl sites for hydroxylation is 1. The van der Waals surface area contributed by atoms with E-state index < -0.39 is 16.8 Å². The quantitative estimate of drug-likeness (QED) is 0.562. The summed E-state index contributed by atoms with van der Waals surface area (Å²) in [5.74, 6) is -0.255. The summed E-state index contributed by atoms with van der Waals surface area (Å²) in [6.07, 6.45) is 0.964. The molecule has 0 aliphatic carbocycles. The van der Waals surface area contributed by atoms with E-state index in [0.717, 1.165) is 4.57 Å². The van der Waals surface area contributed by atoms with Crippen molar-refractivity contribution in [2.45, 2.75) is 19.8 Å². The molecule has 9 nitrogen and oxygen atoms in total. The van der Waals surface area contributed by atoms with Gasteiger partial charge in [0.15, 0.2) is 11.2 Å². The zero-order valence-electron chi connectivity index (χ0n) is 15.7. The Hall–Kier alpha value is -3.62. The monoisotopic (exact) mass is 381 g/mol. The van der Waals surface area contributed by atoms with E-state index in [-0.39, 0.29) is 28.4 Å². The van der Waals surface area contributed by atoms with Gasteiger partial charge in [-0.3, -0.25) is 18.7 Å². The summed E-state index contributed by atoms with van der Waals surface area (Å²) in [7, 11) is 2.85. The summed E-state index contributed by atoms with van der Waals surface area (Å²) in [6, 6.07) is 8.86. The first-order valence-electron chi connectivity index (χ1n) is 8.89. The number of benzene rings is 1.